The summed E-state index contributed by atoms with van der Waals surface area (Å²) in [6, 6.07) is 8.30. The van der Waals surface area contributed by atoms with Crippen molar-refractivity contribution in [1.82, 2.24) is 14.9 Å². The van der Waals surface area contributed by atoms with Gasteiger partial charge in [0.15, 0.2) is 0 Å². The van der Waals surface area contributed by atoms with Gasteiger partial charge in [0.25, 0.3) is 5.92 Å². The number of hydrogen-bond acceptors (Lipinski definition) is 4. The third-order valence-corrected chi connectivity index (χ3v) is 7.87. The summed E-state index contributed by atoms with van der Waals surface area (Å²) in [6.45, 7) is 0.271. The van der Waals surface area contributed by atoms with Gasteiger partial charge in [0.05, 0.1) is 32.5 Å². The van der Waals surface area contributed by atoms with Crippen LogP contribution in [0.15, 0.2) is 30.3 Å². The van der Waals surface area contributed by atoms with Crippen LogP contribution in [-0.4, -0.2) is 40.6 Å². The number of carbonyl (C=O) groups excluding carboxylic acids is 1. The summed E-state index contributed by atoms with van der Waals surface area (Å²) < 4.78 is 68.6. The van der Waals surface area contributed by atoms with E-state index in [2.05, 4.69) is 15.6 Å². The van der Waals surface area contributed by atoms with Gasteiger partial charge in [-0.25, -0.2) is 13.8 Å². The lowest BCUT2D eigenvalue weighted by Crippen LogP contribution is -2.40. The lowest BCUT2D eigenvalue weighted by molar-refractivity contribution is -0.192. The molecule has 6 nitrogen and oxygen atoms in total. The predicted molar refractivity (Wildman–Crippen MR) is 136 cm³/mol. The van der Waals surface area contributed by atoms with E-state index in [9.17, 15) is 26.7 Å². The largest absolute Gasteiger partial charge is 0.403 e. The van der Waals surface area contributed by atoms with Crippen LogP contribution in [0.5, 0.6) is 0 Å². The molecule has 1 aliphatic carbocycles. The molecule has 2 aromatic carbocycles. The molecule has 0 radical (unpaired) electrons. The summed E-state index contributed by atoms with van der Waals surface area (Å²) in [7, 11) is 1.77. The van der Waals surface area contributed by atoms with E-state index < -0.39 is 23.4 Å². The van der Waals surface area contributed by atoms with Gasteiger partial charge in [-0.05, 0) is 42.7 Å². The Balaban J connectivity index is 1.34. The zero-order valence-corrected chi connectivity index (χ0v) is 21.7. The van der Waals surface area contributed by atoms with Crippen molar-refractivity contribution in [2.75, 3.05) is 23.3 Å². The number of fused-ring (bicyclic) bond motifs is 1. The van der Waals surface area contributed by atoms with Crippen LogP contribution >= 0.6 is 23.2 Å². The van der Waals surface area contributed by atoms with Crippen LogP contribution in [0, 0.1) is 5.41 Å². The number of carbonyl (C=O) groups is 1. The first-order chi connectivity index (χ1) is 17.8. The fourth-order valence-corrected chi connectivity index (χ4v) is 5.09. The first kappa shape index (κ1) is 26.8. The molecule has 3 aromatic rings. The molecule has 2 heterocycles. The Labute approximate surface area is 225 Å². The number of halogens is 7. The smallest absolute Gasteiger partial charge is 0.370 e. The third kappa shape index (κ3) is 4.98. The molecule has 0 spiro atoms. The minimum atomic E-state index is -4.58. The van der Waals surface area contributed by atoms with Crippen LogP contribution in [0.1, 0.15) is 31.2 Å². The summed E-state index contributed by atoms with van der Waals surface area (Å²) in [6.07, 6.45) is -5.49. The molecule has 2 aliphatic rings. The van der Waals surface area contributed by atoms with Crippen molar-refractivity contribution >= 4 is 57.5 Å². The first-order valence-corrected chi connectivity index (χ1v) is 12.7. The number of amides is 1. The van der Waals surface area contributed by atoms with Crippen molar-refractivity contribution < 1.29 is 26.7 Å². The van der Waals surface area contributed by atoms with Crippen LogP contribution < -0.4 is 15.5 Å². The molecule has 2 N–H and O–H groups in total. The van der Waals surface area contributed by atoms with E-state index >= 15 is 0 Å². The van der Waals surface area contributed by atoms with Crippen LogP contribution in [0.3, 0.4) is 0 Å². The quantitative estimate of drug-likeness (QED) is 0.317. The van der Waals surface area contributed by atoms with Crippen molar-refractivity contribution in [2.24, 2.45) is 12.5 Å². The topological polar surface area (TPSA) is 62.2 Å². The number of imidazole rings is 1. The van der Waals surface area contributed by atoms with Crippen molar-refractivity contribution in [2.45, 2.75) is 44.3 Å². The molecular formula is C25H24Cl2F5N5O. The number of alkyl halides is 5. The number of rotatable bonds is 6. The molecular weight excluding hydrogens is 552 g/mol. The molecule has 1 saturated carbocycles. The Hall–Kier alpha value is -2.79. The number of aromatic nitrogens is 2. The van der Waals surface area contributed by atoms with E-state index in [1.165, 1.54) is 0 Å². The normalized spacial score (nSPS) is 18.5. The lowest BCUT2D eigenvalue weighted by Gasteiger charge is -2.33. The number of piperidine rings is 1. The zero-order valence-electron chi connectivity index (χ0n) is 20.2. The second-order valence-electron chi connectivity index (χ2n) is 9.83. The Morgan fingerprint density at radius 3 is 2.37 bits per heavy atom. The molecule has 0 unspecified atom stereocenters. The van der Waals surface area contributed by atoms with Crippen molar-refractivity contribution in [3.05, 3.63) is 45.9 Å². The highest BCUT2D eigenvalue weighted by molar-refractivity contribution is 6.34. The maximum atomic E-state index is 13.6. The summed E-state index contributed by atoms with van der Waals surface area (Å²) in [4.78, 5) is 18.6. The first-order valence-electron chi connectivity index (χ1n) is 12.0. The van der Waals surface area contributed by atoms with E-state index in [0.717, 1.165) is 0 Å². The van der Waals surface area contributed by atoms with E-state index in [1.54, 1.807) is 41.9 Å². The standard InChI is InChI=1S/C25H24Cl2F5N5O/c1-36-20-12-19(37-8-6-24(28,29)7-9-37)16(27)11-18(20)35-22(36)34-17-10-14(2-3-15(17)26)13-33-21(38)23(4-5-23)25(30,31)32/h2-3,10-12H,4-9,13H2,1H3,(H,33,38)(H,34,35). The number of nitrogens with zero attached hydrogens (tertiary/aromatic N) is 3. The van der Waals surface area contributed by atoms with Gasteiger partial charge in [-0.1, -0.05) is 29.3 Å². The molecule has 1 aromatic heterocycles. The Kier molecular flexibility index (Phi) is 6.66. The van der Waals surface area contributed by atoms with Crippen LogP contribution in [0.4, 0.5) is 39.3 Å². The molecule has 5 rings (SSSR count). The maximum Gasteiger partial charge on any atom is 0.403 e. The fraction of sp³-hybridized carbons (Fsp3) is 0.440. The van der Waals surface area contributed by atoms with Gasteiger partial charge >= 0.3 is 6.18 Å². The van der Waals surface area contributed by atoms with Gasteiger partial charge in [-0.2, -0.15) is 13.2 Å². The predicted octanol–water partition coefficient (Wildman–Crippen LogP) is 6.82. The number of aryl methyl sites for hydroxylation is 1. The monoisotopic (exact) mass is 575 g/mol. The van der Waals surface area contributed by atoms with Gasteiger partial charge in [0, 0.05) is 39.5 Å². The molecule has 1 saturated heterocycles. The van der Waals surface area contributed by atoms with Crippen molar-refractivity contribution in [3.63, 3.8) is 0 Å². The highest BCUT2D eigenvalue weighted by atomic mass is 35.5. The second-order valence-corrected chi connectivity index (χ2v) is 10.6. The van der Waals surface area contributed by atoms with Gasteiger partial charge in [0.2, 0.25) is 11.9 Å². The summed E-state index contributed by atoms with van der Waals surface area (Å²) in [5.41, 5.74) is 0.640. The molecule has 2 fully saturated rings. The van der Waals surface area contributed by atoms with Crippen LogP contribution in [-0.2, 0) is 18.4 Å². The fourth-order valence-electron chi connectivity index (χ4n) is 4.65. The average Bonchev–Trinajstić information content (AvgIpc) is 3.61. The molecule has 0 bridgehead atoms. The summed E-state index contributed by atoms with van der Waals surface area (Å²) in [5, 5.41) is 6.25. The highest BCUT2D eigenvalue weighted by Crippen LogP contribution is 2.57. The minimum Gasteiger partial charge on any atom is -0.370 e. The number of benzene rings is 2. The molecule has 13 heteroatoms. The molecule has 1 amide bonds. The zero-order chi connectivity index (χ0) is 27.5. The van der Waals surface area contributed by atoms with Crippen LogP contribution in [0.25, 0.3) is 11.0 Å². The van der Waals surface area contributed by atoms with Crippen molar-refractivity contribution in [3.8, 4) is 0 Å². The Bertz CT molecular complexity index is 1390. The summed E-state index contributed by atoms with van der Waals surface area (Å²) >= 11 is 12.8. The van der Waals surface area contributed by atoms with Gasteiger partial charge in [-0.15, -0.1) is 0 Å². The lowest BCUT2D eigenvalue weighted by atomic mass is 10.1. The number of nitrogens with one attached hydrogen (secondary N) is 2. The Morgan fingerprint density at radius 2 is 1.74 bits per heavy atom. The minimum absolute atomic E-state index is 0.0983. The van der Waals surface area contributed by atoms with Gasteiger partial charge in [0.1, 0.15) is 5.41 Å². The van der Waals surface area contributed by atoms with Gasteiger partial charge in [-0.3, -0.25) is 4.79 Å². The number of anilines is 3. The maximum absolute atomic E-state index is 13.6. The van der Waals surface area contributed by atoms with E-state index in [0.29, 0.717) is 44.0 Å². The van der Waals surface area contributed by atoms with E-state index in [1.807, 2.05) is 4.90 Å². The number of hydrogen-bond donors (Lipinski definition) is 2. The van der Waals surface area contributed by atoms with E-state index in [-0.39, 0.29) is 45.3 Å². The average molecular weight is 576 g/mol. The van der Waals surface area contributed by atoms with Crippen molar-refractivity contribution in [1.29, 1.82) is 0 Å². The summed E-state index contributed by atoms with van der Waals surface area (Å²) in [5.74, 6) is -3.30. The molecule has 204 valence electrons. The molecule has 38 heavy (non-hydrogen) atoms. The molecule has 1 aliphatic heterocycles. The van der Waals surface area contributed by atoms with Gasteiger partial charge < -0.3 is 20.1 Å². The second kappa shape index (κ2) is 9.44. The Morgan fingerprint density at radius 1 is 1.05 bits per heavy atom. The highest BCUT2D eigenvalue weighted by Gasteiger charge is 2.68. The van der Waals surface area contributed by atoms with E-state index in [4.69, 9.17) is 23.2 Å². The van der Waals surface area contributed by atoms with Crippen LogP contribution in [0.2, 0.25) is 10.0 Å². The SMILES string of the molecule is Cn1c(Nc2cc(CNC(=O)C3(C(F)(F)F)CC3)ccc2Cl)nc2cc(Cl)c(N3CCC(F)(F)CC3)cc21. The third-order valence-electron chi connectivity index (χ3n) is 7.24. The molecule has 0 atom stereocenters.